The Labute approximate surface area is 79.5 Å². The van der Waals surface area contributed by atoms with Crippen LogP contribution in [0.3, 0.4) is 0 Å². The van der Waals surface area contributed by atoms with Crippen molar-refractivity contribution in [2.45, 2.75) is 19.4 Å². The minimum absolute atomic E-state index is 0.00731. The normalized spacial score (nSPS) is 21.2. The molecule has 0 aliphatic heterocycles. The number of carbonyl (C=O) groups is 3. The lowest BCUT2D eigenvalue weighted by Crippen LogP contribution is -2.19. The molecule has 0 N–H and O–H groups in total. The van der Waals surface area contributed by atoms with Crippen LogP contribution in [0.1, 0.15) is 13.3 Å². The van der Waals surface area contributed by atoms with E-state index < -0.39 is 17.3 Å². The number of hydrogen-bond donors (Lipinski definition) is 0. The van der Waals surface area contributed by atoms with Gasteiger partial charge in [-0.2, -0.15) is 0 Å². The summed E-state index contributed by atoms with van der Waals surface area (Å²) in [6, 6.07) is 0. The van der Waals surface area contributed by atoms with E-state index in [0.717, 1.165) is 6.08 Å². The number of ketones is 1. The first-order valence-corrected chi connectivity index (χ1v) is 4.00. The van der Waals surface area contributed by atoms with Gasteiger partial charge in [-0.25, -0.2) is 0 Å². The van der Waals surface area contributed by atoms with Crippen molar-refractivity contribution < 1.29 is 19.1 Å². The van der Waals surface area contributed by atoms with Crippen LogP contribution in [0.4, 0.5) is 0 Å². The summed E-state index contributed by atoms with van der Waals surface area (Å²) in [5.41, 5.74) is 0.0573. The average Bonchev–Trinajstić information content (AvgIpc) is 2.29. The molecule has 0 radical (unpaired) electrons. The van der Waals surface area contributed by atoms with E-state index in [4.69, 9.17) is 16.3 Å². The number of hydrogen-bond acceptors (Lipinski definition) is 4. The maximum Gasteiger partial charge on any atom is 0.303 e. The molecule has 5 heteroatoms. The summed E-state index contributed by atoms with van der Waals surface area (Å²) in [6.07, 6.45) is 0.325. The van der Waals surface area contributed by atoms with Crippen molar-refractivity contribution in [1.29, 1.82) is 0 Å². The lowest BCUT2D eigenvalue weighted by molar-refractivity contribution is -0.145. The van der Waals surface area contributed by atoms with E-state index in [2.05, 4.69) is 0 Å². The average molecular weight is 203 g/mol. The Kier molecular flexibility index (Phi) is 2.83. The molecular formula is C8H7ClO4. The van der Waals surface area contributed by atoms with Crippen molar-refractivity contribution in [3.63, 3.8) is 0 Å². The standard InChI is InChI=1S/C8H7ClO4/c1-4(10)13-7-3-5(11)2-6(7)8(9)12/h2,7H,3H2,1H3/t7-/m1/s1. The highest BCUT2D eigenvalue weighted by Crippen LogP contribution is 2.21. The topological polar surface area (TPSA) is 60.4 Å². The highest BCUT2D eigenvalue weighted by atomic mass is 35.5. The number of allylic oxidation sites excluding steroid dienone is 1. The zero-order valence-electron chi connectivity index (χ0n) is 6.87. The van der Waals surface area contributed by atoms with Gasteiger partial charge in [0.25, 0.3) is 5.24 Å². The Morgan fingerprint density at radius 3 is 2.69 bits per heavy atom. The van der Waals surface area contributed by atoms with Gasteiger partial charge >= 0.3 is 5.97 Å². The molecule has 0 unspecified atom stereocenters. The lowest BCUT2D eigenvalue weighted by Gasteiger charge is -2.10. The molecule has 0 bridgehead atoms. The first kappa shape index (κ1) is 9.92. The number of esters is 1. The summed E-state index contributed by atoms with van der Waals surface area (Å²) >= 11 is 5.18. The summed E-state index contributed by atoms with van der Waals surface area (Å²) in [6.45, 7) is 1.21. The van der Waals surface area contributed by atoms with Crippen molar-refractivity contribution in [1.82, 2.24) is 0 Å². The second kappa shape index (κ2) is 3.70. The third-order valence-electron chi connectivity index (χ3n) is 1.59. The smallest absolute Gasteiger partial charge is 0.303 e. The zero-order valence-corrected chi connectivity index (χ0v) is 7.63. The Hall–Kier alpha value is -1.16. The predicted molar refractivity (Wildman–Crippen MR) is 44.1 cm³/mol. The van der Waals surface area contributed by atoms with Gasteiger partial charge in [0.05, 0.1) is 12.0 Å². The van der Waals surface area contributed by atoms with Crippen molar-refractivity contribution in [3.8, 4) is 0 Å². The van der Waals surface area contributed by atoms with E-state index in [9.17, 15) is 14.4 Å². The molecule has 0 aromatic carbocycles. The van der Waals surface area contributed by atoms with Gasteiger partial charge < -0.3 is 4.74 Å². The third kappa shape index (κ3) is 2.39. The fourth-order valence-electron chi connectivity index (χ4n) is 1.11. The maximum atomic E-state index is 10.9. The highest BCUT2D eigenvalue weighted by molar-refractivity contribution is 6.68. The van der Waals surface area contributed by atoms with Gasteiger partial charge in [0.2, 0.25) is 0 Å². The van der Waals surface area contributed by atoms with Crippen LogP contribution in [0.15, 0.2) is 11.6 Å². The van der Waals surface area contributed by atoms with E-state index in [1.165, 1.54) is 6.92 Å². The third-order valence-corrected chi connectivity index (χ3v) is 1.80. The molecule has 4 nitrogen and oxygen atoms in total. The molecule has 0 aromatic rings. The molecular weight excluding hydrogens is 196 g/mol. The molecule has 0 heterocycles. The van der Waals surface area contributed by atoms with E-state index >= 15 is 0 Å². The van der Waals surface area contributed by atoms with E-state index in [-0.39, 0.29) is 17.8 Å². The Morgan fingerprint density at radius 2 is 2.23 bits per heavy atom. The van der Waals surface area contributed by atoms with Crippen LogP contribution >= 0.6 is 11.6 Å². The van der Waals surface area contributed by atoms with Gasteiger partial charge in [-0.05, 0) is 17.7 Å². The summed E-state index contributed by atoms with van der Waals surface area (Å²) in [4.78, 5) is 32.2. The minimum atomic E-state index is -0.796. The Balaban J connectivity index is 2.77. The molecule has 70 valence electrons. The van der Waals surface area contributed by atoms with Gasteiger partial charge in [0.15, 0.2) is 5.78 Å². The van der Waals surface area contributed by atoms with Crippen molar-refractivity contribution in [2.24, 2.45) is 0 Å². The Bertz CT molecular complexity index is 305. The fraction of sp³-hybridized carbons (Fsp3) is 0.375. The molecule has 0 saturated heterocycles. The quantitative estimate of drug-likeness (QED) is 0.486. The first-order chi connectivity index (χ1) is 6.00. The fourth-order valence-corrected chi connectivity index (χ4v) is 1.28. The molecule has 1 rings (SSSR count). The molecule has 0 aromatic heterocycles. The summed E-state index contributed by atoms with van der Waals surface area (Å²) in [5.74, 6) is -0.793. The largest absolute Gasteiger partial charge is 0.457 e. The number of carbonyl (C=O) groups excluding carboxylic acids is 3. The molecule has 0 saturated carbocycles. The maximum absolute atomic E-state index is 10.9. The number of ether oxygens (including phenoxy) is 1. The lowest BCUT2D eigenvalue weighted by atomic mass is 10.2. The summed E-state index contributed by atoms with van der Waals surface area (Å²) in [7, 11) is 0. The molecule has 0 fully saturated rings. The monoisotopic (exact) mass is 202 g/mol. The summed E-state index contributed by atoms with van der Waals surface area (Å²) in [5, 5.41) is -0.753. The Morgan fingerprint density at radius 1 is 1.62 bits per heavy atom. The molecule has 1 atom stereocenters. The van der Waals surface area contributed by atoms with Crippen molar-refractivity contribution in [3.05, 3.63) is 11.6 Å². The van der Waals surface area contributed by atoms with Crippen LogP contribution in [-0.4, -0.2) is 23.1 Å². The van der Waals surface area contributed by atoms with Crippen LogP contribution < -0.4 is 0 Å². The van der Waals surface area contributed by atoms with Crippen LogP contribution in [0, 0.1) is 0 Å². The van der Waals surface area contributed by atoms with Gasteiger partial charge in [0, 0.05) is 6.92 Å². The predicted octanol–water partition coefficient (Wildman–Crippen LogP) is 0.583. The van der Waals surface area contributed by atoms with Gasteiger partial charge in [-0.15, -0.1) is 0 Å². The van der Waals surface area contributed by atoms with Crippen LogP contribution in [-0.2, 0) is 19.1 Å². The van der Waals surface area contributed by atoms with E-state index in [1.807, 2.05) is 0 Å². The van der Waals surface area contributed by atoms with Crippen LogP contribution in [0.5, 0.6) is 0 Å². The molecule has 1 aliphatic carbocycles. The number of rotatable bonds is 2. The van der Waals surface area contributed by atoms with Gasteiger partial charge in [-0.1, -0.05) is 0 Å². The molecule has 1 aliphatic rings. The summed E-state index contributed by atoms with van der Waals surface area (Å²) < 4.78 is 4.72. The zero-order chi connectivity index (χ0) is 10.0. The minimum Gasteiger partial charge on any atom is -0.457 e. The SMILES string of the molecule is CC(=O)O[C@@H]1CC(=O)C=C1C(=O)Cl. The van der Waals surface area contributed by atoms with Gasteiger partial charge in [0.1, 0.15) is 6.10 Å². The van der Waals surface area contributed by atoms with Crippen LogP contribution in [0.2, 0.25) is 0 Å². The second-order valence-corrected chi connectivity index (χ2v) is 2.99. The van der Waals surface area contributed by atoms with Gasteiger partial charge in [-0.3, -0.25) is 14.4 Å². The van der Waals surface area contributed by atoms with Crippen molar-refractivity contribution in [2.75, 3.05) is 0 Å². The van der Waals surface area contributed by atoms with E-state index in [0.29, 0.717) is 0 Å². The van der Waals surface area contributed by atoms with E-state index in [1.54, 1.807) is 0 Å². The second-order valence-electron chi connectivity index (χ2n) is 2.64. The molecule has 13 heavy (non-hydrogen) atoms. The molecule has 0 amide bonds. The molecule has 0 spiro atoms. The van der Waals surface area contributed by atoms with Crippen molar-refractivity contribution >= 4 is 28.6 Å². The first-order valence-electron chi connectivity index (χ1n) is 3.62. The number of halogens is 1. The highest BCUT2D eigenvalue weighted by Gasteiger charge is 2.30. The van der Waals surface area contributed by atoms with Crippen LogP contribution in [0.25, 0.3) is 0 Å².